The van der Waals surface area contributed by atoms with Crippen molar-refractivity contribution >= 4 is 33.3 Å². The van der Waals surface area contributed by atoms with Crippen molar-refractivity contribution in [3.05, 3.63) is 62.8 Å². The standard InChI is InChI=1S/C14H9BrClFO2/c1-19-12-7-8(5-6-11(12)16)14(18)9-3-2-4-10(15)13(9)17/h2-7H,1H3. The molecule has 0 radical (unpaired) electrons. The van der Waals surface area contributed by atoms with Gasteiger partial charge in [0.25, 0.3) is 0 Å². The first-order valence-electron chi connectivity index (χ1n) is 5.37. The summed E-state index contributed by atoms with van der Waals surface area (Å²) < 4.78 is 19.2. The predicted octanol–water partition coefficient (Wildman–Crippen LogP) is 4.48. The minimum Gasteiger partial charge on any atom is -0.495 e. The lowest BCUT2D eigenvalue weighted by Crippen LogP contribution is -2.05. The molecule has 0 aliphatic carbocycles. The van der Waals surface area contributed by atoms with E-state index in [1.165, 1.54) is 31.4 Å². The molecule has 0 aliphatic heterocycles. The zero-order chi connectivity index (χ0) is 14.0. The highest BCUT2D eigenvalue weighted by Gasteiger charge is 2.17. The number of hydrogen-bond donors (Lipinski definition) is 0. The topological polar surface area (TPSA) is 26.3 Å². The van der Waals surface area contributed by atoms with E-state index in [0.717, 1.165) is 0 Å². The molecule has 0 N–H and O–H groups in total. The normalized spacial score (nSPS) is 10.3. The van der Waals surface area contributed by atoms with Crippen LogP contribution in [0, 0.1) is 5.82 Å². The zero-order valence-corrected chi connectivity index (χ0v) is 12.3. The van der Waals surface area contributed by atoms with Gasteiger partial charge in [0.05, 0.1) is 22.2 Å². The summed E-state index contributed by atoms with van der Waals surface area (Å²) in [5.41, 5.74) is 0.317. The number of carbonyl (C=O) groups is 1. The van der Waals surface area contributed by atoms with Crippen LogP contribution in [0.25, 0.3) is 0 Å². The van der Waals surface area contributed by atoms with Crippen molar-refractivity contribution in [1.29, 1.82) is 0 Å². The fourth-order valence-electron chi connectivity index (χ4n) is 1.64. The molecule has 0 atom stereocenters. The number of hydrogen-bond acceptors (Lipinski definition) is 2. The van der Waals surface area contributed by atoms with Gasteiger partial charge in [0.1, 0.15) is 11.6 Å². The van der Waals surface area contributed by atoms with E-state index >= 15 is 0 Å². The van der Waals surface area contributed by atoms with Gasteiger partial charge in [0.15, 0.2) is 5.78 Å². The van der Waals surface area contributed by atoms with Crippen LogP contribution in [-0.4, -0.2) is 12.9 Å². The highest BCUT2D eigenvalue weighted by Crippen LogP contribution is 2.27. The van der Waals surface area contributed by atoms with Crippen LogP contribution in [0.15, 0.2) is 40.9 Å². The first-order chi connectivity index (χ1) is 9.04. The van der Waals surface area contributed by atoms with Gasteiger partial charge >= 0.3 is 0 Å². The van der Waals surface area contributed by atoms with E-state index in [9.17, 15) is 9.18 Å². The molecule has 2 aromatic rings. The second kappa shape index (κ2) is 5.72. The summed E-state index contributed by atoms with van der Waals surface area (Å²) in [7, 11) is 1.45. The second-order valence-electron chi connectivity index (χ2n) is 3.78. The third kappa shape index (κ3) is 2.80. The Morgan fingerprint density at radius 2 is 2.05 bits per heavy atom. The van der Waals surface area contributed by atoms with Crippen molar-refractivity contribution in [1.82, 2.24) is 0 Å². The third-order valence-corrected chi connectivity index (χ3v) is 3.53. The monoisotopic (exact) mass is 342 g/mol. The number of rotatable bonds is 3. The van der Waals surface area contributed by atoms with Crippen LogP contribution < -0.4 is 4.74 Å². The maximum Gasteiger partial charge on any atom is 0.196 e. The third-order valence-electron chi connectivity index (χ3n) is 2.61. The summed E-state index contributed by atoms with van der Waals surface area (Å²) in [4.78, 5) is 12.2. The highest BCUT2D eigenvalue weighted by atomic mass is 79.9. The molecule has 5 heteroatoms. The SMILES string of the molecule is COc1cc(C(=O)c2cccc(Br)c2F)ccc1Cl. The van der Waals surface area contributed by atoms with Gasteiger partial charge in [-0.15, -0.1) is 0 Å². The molecule has 0 spiro atoms. The zero-order valence-electron chi connectivity index (χ0n) is 9.91. The van der Waals surface area contributed by atoms with Gasteiger partial charge < -0.3 is 4.74 Å². The van der Waals surface area contributed by atoms with Gasteiger partial charge in [0.2, 0.25) is 0 Å². The van der Waals surface area contributed by atoms with Crippen LogP contribution in [0.1, 0.15) is 15.9 Å². The Hall–Kier alpha value is -1.39. The van der Waals surface area contributed by atoms with E-state index in [0.29, 0.717) is 16.3 Å². The number of benzene rings is 2. The van der Waals surface area contributed by atoms with Crippen molar-refractivity contribution in [3.8, 4) is 5.75 Å². The average Bonchev–Trinajstić information content (AvgIpc) is 2.41. The minimum absolute atomic E-state index is 0.00116. The van der Waals surface area contributed by atoms with Crippen molar-refractivity contribution in [2.24, 2.45) is 0 Å². The first-order valence-corrected chi connectivity index (χ1v) is 6.54. The van der Waals surface area contributed by atoms with Crippen LogP contribution in [0.4, 0.5) is 4.39 Å². The number of ether oxygens (including phenoxy) is 1. The fourth-order valence-corrected chi connectivity index (χ4v) is 2.20. The lowest BCUT2D eigenvalue weighted by molar-refractivity contribution is 0.103. The molecular weight excluding hydrogens is 335 g/mol. The number of ketones is 1. The molecule has 19 heavy (non-hydrogen) atoms. The van der Waals surface area contributed by atoms with Crippen LogP contribution >= 0.6 is 27.5 Å². The van der Waals surface area contributed by atoms with Crippen LogP contribution in [0.3, 0.4) is 0 Å². The van der Waals surface area contributed by atoms with Crippen LogP contribution in [0.2, 0.25) is 5.02 Å². The highest BCUT2D eigenvalue weighted by molar-refractivity contribution is 9.10. The molecule has 0 fully saturated rings. The van der Waals surface area contributed by atoms with E-state index in [-0.39, 0.29) is 10.0 Å². The molecule has 98 valence electrons. The molecule has 2 rings (SSSR count). The summed E-state index contributed by atoms with van der Waals surface area (Å²) in [5, 5.41) is 0.397. The van der Waals surface area contributed by atoms with Crippen molar-refractivity contribution in [3.63, 3.8) is 0 Å². The average molecular weight is 344 g/mol. The Bertz CT molecular complexity index is 643. The molecule has 0 heterocycles. The van der Waals surface area contributed by atoms with Crippen molar-refractivity contribution < 1.29 is 13.9 Å². The van der Waals surface area contributed by atoms with E-state index in [1.807, 2.05) is 0 Å². The maximum absolute atomic E-state index is 13.9. The largest absolute Gasteiger partial charge is 0.495 e. The molecule has 0 aromatic heterocycles. The molecule has 0 bridgehead atoms. The second-order valence-corrected chi connectivity index (χ2v) is 5.04. The molecule has 0 aliphatic rings. The minimum atomic E-state index is -0.582. The summed E-state index contributed by atoms with van der Waals surface area (Å²) in [6.45, 7) is 0. The molecular formula is C14H9BrClFO2. The quantitative estimate of drug-likeness (QED) is 0.768. The van der Waals surface area contributed by atoms with Crippen LogP contribution in [0.5, 0.6) is 5.75 Å². The Morgan fingerprint density at radius 1 is 1.32 bits per heavy atom. The van der Waals surface area contributed by atoms with Gasteiger partial charge in [-0.3, -0.25) is 4.79 Å². The smallest absolute Gasteiger partial charge is 0.196 e. The van der Waals surface area contributed by atoms with Crippen molar-refractivity contribution in [2.75, 3.05) is 7.11 Å². The Kier molecular flexibility index (Phi) is 4.22. The maximum atomic E-state index is 13.9. The van der Waals surface area contributed by atoms with Gasteiger partial charge in [-0.25, -0.2) is 4.39 Å². The molecule has 0 amide bonds. The van der Waals surface area contributed by atoms with Crippen molar-refractivity contribution in [2.45, 2.75) is 0 Å². The Balaban J connectivity index is 2.47. The fraction of sp³-hybridized carbons (Fsp3) is 0.0714. The molecule has 0 saturated carbocycles. The lowest BCUT2D eigenvalue weighted by atomic mass is 10.0. The molecule has 0 saturated heterocycles. The molecule has 0 unspecified atom stereocenters. The van der Waals surface area contributed by atoms with Crippen LogP contribution in [-0.2, 0) is 0 Å². The van der Waals surface area contributed by atoms with Gasteiger partial charge in [0, 0.05) is 5.56 Å². The van der Waals surface area contributed by atoms with Gasteiger partial charge in [-0.05, 0) is 46.3 Å². The Morgan fingerprint density at radius 3 is 2.74 bits per heavy atom. The number of halogens is 3. The number of methoxy groups -OCH3 is 1. The van der Waals surface area contributed by atoms with E-state index in [4.69, 9.17) is 16.3 Å². The van der Waals surface area contributed by atoms with Gasteiger partial charge in [-0.1, -0.05) is 17.7 Å². The van der Waals surface area contributed by atoms with Gasteiger partial charge in [-0.2, -0.15) is 0 Å². The predicted molar refractivity (Wildman–Crippen MR) is 75.5 cm³/mol. The summed E-state index contributed by atoms with van der Waals surface area (Å²) >= 11 is 8.94. The molecule has 2 nitrogen and oxygen atoms in total. The first kappa shape index (κ1) is 14.0. The molecule has 2 aromatic carbocycles. The lowest BCUT2D eigenvalue weighted by Gasteiger charge is -2.07. The Labute approximate surface area is 123 Å². The number of carbonyl (C=O) groups excluding carboxylic acids is 1. The van der Waals surface area contributed by atoms with E-state index < -0.39 is 11.6 Å². The summed E-state index contributed by atoms with van der Waals surface area (Å²) in [6, 6.07) is 9.15. The van der Waals surface area contributed by atoms with E-state index in [2.05, 4.69) is 15.9 Å². The van der Waals surface area contributed by atoms with E-state index in [1.54, 1.807) is 12.1 Å². The summed E-state index contributed by atoms with van der Waals surface area (Å²) in [6.07, 6.45) is 0. The summed E-state index contributed by atoms with van der Waals surface area (Å²) in [5.74, 6) is -0.627.